The topological polar surface area (TPSA) is 88.1 Å². The Hall–Kier alpha value is -3.61. The van der Waals surface area contributed by atoms with Crippen LogP contribution in [-0.2, 0) is 6.54 Å². The van der Waals surface area contributed by atoms with Crippen LogP contribution in [0.25, 0.3) is 0 Å². The monoisotopic (exact) mass is 415 g/mol. The summed E-state index contributed by atoms with van der Waals surface area (Å²) in [6.45, 7) is 2.90. The van der Waals surface area contributed by atoms with Crippen molar-refractivity contribution in [3.8, 4) is 0 Å². The third-order valence-corrected chi connectivity index (χ3v) is 5.51. The van der Waals surface area contributed by atoms with Gasteiger partial charge in [0.1, 0.15) is 0 Å². The molecule has 0 radical (unpaired) electrons. The minimum Gasteiger partial charge on any atom is -0.348 e. The highest BCUT2D eigenvalue weighted by Gasteiger charge is 2.31. The summed E-state index contributed by atoms with van der Waals surface area (Å²) in [5.41, 5.74) is 2.64. The molecule has 1 aromatic carbocycles. The predicted molar refractivity (Wildman–Crippen MR) is 116 cm³/mol. The Morgan fingerprint density at radius 3 is 2.68 bits per heavy atom. The maximum absolute atomic E-state index is 13.0. The van der Waals surface area contributed by atoms with E-state index < -0.39 is 0 Å². The maximum atomic E-state index is 13.0. The summed E-state index contributed by atoms with van der Waals surface area (Å²) in [4.78, 5) is 40.6. The van der Waals surface area contributed by atoms with E-state index in [4.69, 9.17) is 0 Å². The van der Waals surface area contributed by atoms with Crippen molar-refractivity contribution in [2.75, 3.05) is 6.54 Å². The van der Waals surface area contributed by atoms with E-state index in [9.17, 15) is 9.59 Å². The molecule has 1 saturated heterocycles. The molecule has 0 saturated carbocycles. The smallest absolute Gasteiger partial charge is 0.256 e. The van der Waals surface area contributed by atoms with Crippen LogP contribution in [0.4, 0.5) is 0 Å². The van der Waals surface area contributed by atoms with Gasteiger partial charge in [-0.1, -0.05) is 30.3 Å². The van der Waals surface area contributed by atoms with Crippen molar-refractivity contribution in [3.05, 3.63) is 89.3 Å². The van der Waals surface area contributed by atoms with Gasteiger partial charge in [0.25, 0.3) is 11.8 Å². The van der Waals surface area contributed by atoms with Gasteiger partial charge < -0.3 is 10.2 Å². The SMILES string of the molecule is Cc1nc(C2CCCCN2C(=O)c2cccnc2)ncc1C(=O)NCc1ccccc1. The minimum absolute atomic E-state index is 0.0660. The van der Waals surface area contributed by atoms with Crippen molar-refractivity contribution >= 4 is 11.8 Å². The second-order valence-electron chi connectivity index (χ2n) is 7.65. The average Bonchev–Trinajstić information content (AvgIpc) is 2.83. The molecule has 0 spiro atoms. The molecule has 1 fully saturated rings. The number of likely N-dealkylation sites (tertiary alicyclic amines) is 1. The second kappa shape index (κ2) is 9.47. The highest BCUT2D eigenvalue weighted by atomic mass is 16.2. The number of piperidine rings is 1. The molecule has 0 aliphatic carbocycles. The van der Waals surface area contributed by atoms with E-state index in [-0.39, 0.29) is 17.9 Å². The minimum atomic E-state index is -0.208. The van der Waals surface area contributed by atoms with Gasteiger partial charge in [-0.3, -0.25) is 14.6 Å². The van der Waals surface area contributed by atoms with Gasteiger partial charge in [-0.2, -0.15) is 0 Å². The third-order valence-electron chi connectivity index (χ3n) is 5.51. The fraction of sp³-hybridized carbons (Fsp3) is 0.292. The number of nitrogens with zero attached hydrogens (tertiary/aromatic N) is 4. The molecule has 2 amide bonds. The molecule has 4 rings (SSSR count). The van der Waals surface area contributed by atoms with Crippen LogP contribution >= 0.6 is 0 Å². The van der Waals surface area contributed by atoms with Crippen molar-refractivity contribution < 1.29 is 9.59 Å². The van der Waals surface area contributed by atoms with E-state index in [1.807, 2.05) is 35.2 Å². The number of hydrogen-bond acceptors (Lipinski definition) is 5. The highest BCUT2D eigenvalue weighted by Crippen LogP contribution is 2.30. The van der Waals surface area contributed by atoms with Crippen LogP contribution in [0, 0.1) is 6.92 Å². The number of carbonyl (C=O) groups excluding carboxylic acids is 2. The Bertz CT molecular complexity index is 1060. The highest BCUT2D eigenvalue weighted by molar-refractivity contribution is 5.95. The van der Waals surface area contributed by atoms with Gasteiger partial charge in [0, 0.05) is 31.7 Å². The molecule has 1 atom stereocenters. The van der Waals surface area contributed by atoms with Crippen molar-refractivity contribution in [1.29, 1.82) is 0 Å². The first-order chi connectivity index (χ1) is 15.1. The molecule has 0 bridgehead atoms. The first-order valence-corrected chi connectivity index (χ1v) is 10.5. The van der Waals surface area contributed by atoms with E-state index in [1.165, 1.54) is 0 Å². The number of pyridine rings is 1. The normalized spacial score (nSPS) is 16.0. The molecule has 3 heterocycles. The number of hydrogen-bond donors (Lipinski definition) is 1. The fourth-order valence-electron chi connectivity index (χ4n) is 3.84. The average molecular weight is 415 g/mol. The summed E-state index contributed by atoms with van der Waals surface area (Å²) >= 11 is 0. The lowest BCUT2D eigenvalue weighted by Crippen LogP contribution is -2.39. The predicted octanol–water partition coefficient (Wildman–Crippen LogP) is 3.48. The zero-order valence-electron chi connectivity index (χ0n) is 17.5. The Labute approximate surface area is 181 Å². The number of benzene rings is 1. The van der Waals surface area contributed by atoms with Crippen LogP contribution in [0.2, 0.25) is 0 Å². The van der Waals surface area contributed by atoms with Crippen molar-refractivity contribution in [3.63, 3.8) is 0 Å². The first kappa shape index (κ1) is 20.7. The van der Waals surface area contributed by atoms with Gasteiger partial charge in [0.2, 0.25) is 0 Å². The van der Waals surface area contributed by atoms with Gasteiger partial charge >= 0.3 is 0 Å². The zero-order chi connectivity index (χ0) is 21.6. The summed E-state index contributed by atoms with van der Waals surface area (Å²) < 4.78 is 0. The molecule has 1 aliphatic heterocycles. The summed E-state index contributed by atoms with van der Waals surface area (Å²) in [6, 6.07) is 13.1. The van der Waals surface area contributed by atoms with E-state index in [2.05, 4.69) is 20.3 Å². The zero-order valence-corrected chi connectivity index (χ0v) is 17.5. The van der Waals surface area contributed by atoms with E-state index in [0.29, 0.717) is 35.7 Å². The molecule has 158 valence electrons. The fourth-order valence-corrected chi connectivity index (χ4v) is 3.84. The molecule has 3 aromatic rings. The van der Waals surface area contributed by atoms with Crippen molar-refractivity contribution in [2.24, 2.45) is 0 Å². The van der Waals surface area contributed by atoms with E-state index in [1.54, 1.807) is 37.6 Å². The van der Waals surface area contributed by atoms with Crippen molar-refractivity contribution in [2.45, 2.75) is 38.8 Å². The third kappa shape index (κ3) is 4.77. The number of nitrogens with one attached hydrogen (secondary N) is 1. The molecule has 7 heteroatoms. The molecule has 31 heavy (non-hydrogen) atoms. The van der Waals surface area contributed by atoms with Gasteiger partial charge in [0.05, 0.1) is 22.9 Å². The summed E-state index contributed by atoms with van der Waals surface area (Å²) in [7, 11) is 0. The Balaban J connectivity index is 1.50. The summed E-state index contributed by atoms with van der Waals surface area (Å²) in [6.07, 6.45) is 7.55. The van der Waals surface area contributed by atoms with Crippen LogP contribution < -0.4 is 5.32 Å². The second-order valence-corrected chi connectivity index (χ2v) is 7.65. The molecule has 2 aromatic heterocycles. The quantitative estimate of drug-likeness (QED) is 0.689. The molecule has 1 aliphatic rings. The molecular weight excluding hydrogens is 390 g/mol. The largest absolute Gasteiger partial charge is 0.348 e. The van der Waals surface area contributed by atoms with Crippen LogP contribution in [0.15, 0.2) is 61.1 Å². The molecule has 1 unspecified atom stereocenters. The Morgan fingerprint density at radius 1 is 1.10 bits per heavy atom. The summed E-state index contributed by atoms with van der Waals surface area (Å²) in [5, 5.41) is 2.91. The van der Waals surface area contributed by atoms with Crippen LogP contribution in [-0.4, -0.2) is 38.2 Å². The lowest BCUT2D eigenvalue weighted by atomic mass is 10.00. The van der Waals surface area contributed by atoms with Crippen molar-refractivity contribution in [1.82, 2.24) is 25.2 Å². The lowest BCUT2D eigenvalue weighted by Gasteiger charge is -2.34. The Morgan fingerprint density at radius 2 is 1.94 bits per heavy atom. The maximum Gasteiger partial charge on any atom is 0.256 e. The van der Waals surface area contributed by atoms with Crippen LogP contribution in [0.1, 0.15) is 63.1 Å². The van der Waals surface area contributed by atoms with Crippen LogP contribution in [0.3, 0.4) is 0 Å². The molecular formula is C24H25N5O2. The van der Waals surface area contributed by atoms with E-state index >= 15 is 0 Å². The number of amides is 2. The lowest BCUT2D eigenvalue weighted by molar-refractivity contribution is 0.0598. The van der Waals surface area contributed by atoms with Gasteiger partial charge in [-0.05, 0) is 43.9 Å². The van der Waals surface area contributed by atoms with Crippen LogP contribution in [0.5, 0.6) is 0 Å². The van der Waals surface area contributed by atoms with Gasteiger partial charge in [-0.15, -0.1) is 0 Å². The molecule has 7 nitrogen and oxygen atoms in total. The number of carbonyl (C=O) groups is 2. The standard InChI is InChI=1S/C24H25N5O2/c1-17-20(23(30)27-14-18-8-3-2-4-9-18)16-26-22(28-17)21-11-5-6-13-29(21)24(31)19-10-7-12-25-15-19/h2-4,7-10,12,15-16,21H,5-6,11,13-14H2,1H3,(H,27,30). The first-order valence-electron chi connectivity index (χ1n) is 10.5. The molecule has 1 N–H and O–H groups in total. The summed E-state index contributed by atoms with van der Waals surface area (Å²) in [5.74, 6) is 0.303. The number of aromatic nitrogens is 3. The van der Waals surface area contributed by atoms with Gasteiger partial charge in [-0.25, -0.2) is 9.97 Å². The van der Waals surface area contributed by atoms with E-state index in [0.717, 1.165) is 24.8 Å². The van der Waals surface area contributed by atoms with Gasteiger partial charge in [0.15, 0.2) is 5.82 Å². The number of rotatable bonds is 5. The Kier molecular flexibility index (Phi) is 6.31. The number of aryl methyl sites for hydroxylation is 1.